The number of amides is 2. The molecule has 3 unspecified atom stereocenters. The van der Waals surface area contributed by atoms with Gasteiger partial charge in [0.2, 0.25) is 0 Å². The number of rotatable bonds is 6. The van der Waals surface area contributed by atoms with Gasteiger partial charge in [0.15, 0.2) is 0 Å². The predicted octanol–water partition coefficient (Wildman–Crippen LogP) is 4.09. The lowest BCUT2D eigenvalue weighted by molar-refractivity contribution is 0.107. The molecule has 2 N–H and O–H groups in total. The summed E-state index contributed by atoms with van der Waals surface area (Å²) in [5.41, 5.74) is 0. The van der Waals surface area contributed by atoms with Crippen LogP contribution in [0.2, 0.25) is 0 Å². The number of hydrogen-bond acceptors (Lipinski definition) is 4. The Kier molecular flexibility index (Phi) is 5.58. The number of carbonyl (C=O) groups excluding carboxylic acids is 1. The number of likely N-dealkylation sites (tertiary alicyclic amines) is 1. The third-order valence-electron chi connectivity index (χ3n) is 4.60. The van der Waals surface area contributed by atoms with Gasteiger partial charge in [-0.15, -0.1) is 11.3 Å². The first-order valence-electron chi connectivity index (χ1n) is 8.51. The SMILES string of the molecule is CCC(NC(=O)N1CCCC1CC(O)c1ccco1)c1cccs1. The Morgan fingerprint density at radius 3 is 3.04 bits per heavy atom. The van der Waals surface area contributed by atoms with Gasteiger partial charge in [0.25, 0.3) is 0 Å². The van der Waals surface area contributed by atoms with E-state index in [1.54, 1.807) is 29.7 Å². The number of aliphatic hydroxyl groups is 1. The van der Waals surface area contributed by atoms with E-state index in [-0.39, 0.29) is 18.1 Å². The molecule has 0 saturated carbocycles. The summed E-state index contributed by atoms with van der Waals surface area (Å²) in [7, 11) is 0. The molecule has 5 nitrogen and oxygen atoms in total. The number of thiophene rings is 1. The van der Waals surface area contributed by atoms with Crippen LogP contribution in [-0.4, -0.2) is 28.6 Å². The minimum absolute atomic E-state index is 0.0376. The molecule has 0 aromatic carbocycles. The van der Waals surface area contributed by atoms with Crippen molar-refractivity contribution in [3.63, 3.8) is 0 Å². The van der Waals surface area contributed by atoms with Crippen molar-refractivity contribution in [3.05, 3.63) is 46.5 Å². The molecular formula is C18H24N2O3S. The summed E-state index contributed by atoms with van der Waals surface area (Å²) in [6.45, 7) is 2.81. The Balaban J connectivity index is 1.61. The van der Waals surface area contributed by atoms with Gasteiger partial charge in [0.05, 0.1) is 12.3 Å². The first kappa shape index (κ1) is 17.0. The molecule has 2 aromatic heterocycles. The van der Waals surface area contributed by atoms with Crippen molar-refractivity contribution in [2.45, 2.75) is 50.8 Å². The van der Waals surface area contributed by atoms with Crippen LogP contribution in [-0.2, 0) is 0 Å². The van der Waals surface area contributed by atoms with Crippen molar-refractivity contribution >= 4 is 17.4 Å². The molecular weight excluding hydrogens is 324 g/mol. The monoisotopic (exact) mass is 348 g/mol. The second kappa shape index (κ2) is 7.85. The second-order valence-corrected chi connectivity index (χ2v) is 7.16. The van der Waals surface area contributed by atoms with Gasteiger partial charge in [-0.2, -0.15) is 0 Å². The van der Waals surface area contributed by atoms with Crippen LogP contribution >= 0.6 is 11.3 Å². The van der Waals surface area contributed by atoms with Gasteiger partial charge in [-0.25, -0.2) is 4.79 Å². The molecule has 2 aromatic rings. The molecule has 0 bridgehead atoms. The molecule has 0 aliphatic carbocycles. The average molecular weight is 348 g/mol. The van der Waals surface area contributed by atoms with Crippen molar-refractivity contribution in [1.29, 1.82) is 0 Å². The first-order valence-corrected chi connectivity index (χ1v) is 9.39. The maximum absolute atomic E-state index is 12.7. The second-order valence-electron chi connectivity index (χ2n) is 6.18. The molecule has 3 rings (SSSR count). The van der Waals surface area contributed by atoms with E-state index >= 15 is 0 Å². The van der Waals surface area contributed by atoms with Crippen molar-refractivity contribution in [2.24, 2.45) is 0 Å². The number of furan rings is 1. The Bertz CT molecular complexity index is 627. The fourth-order valence-electron chi connectivity index (χ4n) is 3.30. The average Bonchev–Trinajstić information content (AvgIpc) is 3.33. The molecule has 3 heterocycles. The highest BCUT2D eigenvalue weighted by Crippen LogP contribution is 2.29. The largest absolute Gasteiger partial charge is 0.467 e. The van der Waals surface area contributed by atoms with E-state index in [2.05, 4.69) is 18.3 Å². The molecule has 3 atom stereocenters. The van der Waals surface area contributed by atoms with Gasteiger partial charge >= 0.3 is 6.03 Å². The molecule has 2 amide bonds. The van der Waals surface area contributed by atoms with Crippen molar-refractivity contribution in [2.75, 3.05) is 6.54 Å². The standard InChI is InChI=1S/C18H24N2O3S/c1-2-14(17-8-5-11-24-17)19-18(22)20-9-3-6-13(20)12-15(21)16-7-4-10-23-16/h4-5,7-8,10-11,13-15,21H,2-3,6,9,12H2,1H3,(H,19,22). The number of urea groups is 1. The molecule has 1 aliphatic heterocycles. The zero-order chi connectivity index (χ0) is 16.9. The minimum Gasteiger partial charge on any atom is -0.467 e. The van der Waals surface area contributed by atoms with Crippen LogP contribution < -0.4 is 5.32 Å². The third kappa shape index (κ3) is 3.82. The highest BCUT2D eigenvalue weighted by Gasteiger charge is 2.32. The topological polar surface area (TPSA) is 65.7 Å². The van der Waals surface area contributed by atoms with E-state index in [1.165, 1.54) is 4.88 Å². The zero-order valence-corrected chi connectivity index (χ0v) is 14.7. The summed E-state index contributed by atoms with van der Waals surface area (Å²) in [6.07, 6.45) is 4.15. The van der Waals surface area contributed by atoms with Crippen molar-refractivity contribution < 1.29 is 14.3 Å². The summed E-state index contributed by atoms with van der Waals surface area (Å²) >= 11 is 1.66. The van der Waals surface area contributed by atoms with Crippen molar-refractivity contribution in [1.82, 2.24) is 10.2 Å². The lowest BCUT2D eigenvalue weighted by atomic mass is 10.1. The van der Waals surface area contributed by atoms with E-state index in [0.29, 0.717) is 12.2 Å². The molecule has 0 spiro atoms. The molecule has 130 valence electrons. The molecule has 1 aliphatic rings. The van der Waals surface area contributed by atoms with E-state index in [0.717, 1.165) is 25.8 Å². The Labute approximate surface area is 146 Å². The van der Waals surface area contributed by atoms with E-state index < -0.39 is 6.10 Å². The van der Waals surface area contributed by atoms with Crippen molar-refractivity contribution in [3.8, 4) is 0 Å². The van der Waals surface area contributed by atoms with Crippen LogP contribution in [0.3, 0.4) is 0 Å². The Morgan fingerprint density at radius 2 is 2.38 bits per heavy atom. The van der Waals surface area contributed by atoms with Gasteiger partial charge in [0.1, 0.15) is 11.9 Å². The Morgan fingerprint density at radius 1 is 1.50 bits per heavy atom. The smallest absolute Gasteiger partial charge is 0.318 e. The quantitative estimate of drug-likeness (QED) is 0.826. The highest BCUT2D eigenvalue weighted by molar-refractivity contribution is 7.10. The third-order valence-corrected chi connectivity index (χ3v) is 5.58. The van der Waals surface area contributed by atoms with Gasteiger partial charge in [-0.3, -0.25) is 0 Å². The van der Waals surface area contributed by atoms with Gasteiger partial charge in [-0.05, 0) is 42.8 Å². The predicted molar refractivity (Wildman–Crippen MR) is 93.9 cm³/mol. The maximum atomic E-state index is 12.7. The number of nitrogens with zero attached hydrogens (tertiary/aromatic N) is 1. The summed E-state index contributed by atoms with van der Waals surface area (Å²) in [4.78, 5) is 15.7. The number of carbonyl (C=O) groups is 1. The van der Waals surface area contributed by atoms with Gasteiger partial charge < -0.3 is 19.7 Å². The lowest BCUT2D eigenvalue weighted by Gasteiger charge is -2.28. The van der Waals surface area contributed by atoms with E-state index in [9.17, 15) is 9.90 Å². The van der Waals surface area contributed by atoms with Gasteiger partial charge in [0, 0.05) is 23.9 Å². The number of nitrogens with one attached hydrogen (secondary N) is 1. The highest BCUT2D eigenvalue weighted by atomic mass is 32.1. The molecule has 1 fully saturated rings. The first-order chi connectivity index (χ1) is 11.7. The summed E-state index contributed by atoms with van der Waals surface area (Å²) < 4.78 is 5.26. The van der Waals surface area contributed by atoms with Crippen LogP contribution in [0.1, 0.15) is 55.4 Å². The molecule has 0 radical (unpaired) electrons. The Hall–Kier alpha value is -1.79. The van der Waals surface area contributed by atoms with Crippen LogP contribution in [0.15, 0.2) is 40.3 Å². The molecule has 1 saturated heterocycles. The van der Waals surface area contributed by atoms with Crippen LogP contribution in [0.25, 0.3) is 0 Å². The summed E-state index contributed by atoms with van der Waals surface area (Å²) in [5, 5.41) is 15.5. The van der Waals surface area contributed by atoms with Crippen LogP contribution in [0, 0.1) is 0 Å². The molecule has 6 heteroatoms. The number of hydrogen-bond donors (Lipinski definition) is 2. The lowest BCUT2D eigenvalue weighted by Crippen LogP contribution is -2.44. The fourth-order valence-corrected chi connectivity index (χ4v) is 4.16. The fraction of sp³-hybridized carbons (Fsp3) is 0.500. The van der Waals surface area contributed by atoms with Crippen LogP contribution in [0.4, 0.5) is 4.79 Å². The van der Waals surface area contributed by atoms with Crippen LogP contribution in [0.5, 0.6) is 0 Å². The minimum atomic E-state index is -0.669. The summed E-state index contributed by atoms with van der Waals surface area (Å²) in [6, 6.07) is 7.66. The maximum Gasteiger partial charge on any atom is 0.318 e. The molecule has 24 heavy (non-hydrogen) atoms. The van der Waals surface area contributed by atoms with E-state index in [1.807, 2.05) is 16.3 Å². The zero-order valence-electron chi connectivity index (χ0n) is 13.9. The van der Waals surface area contributed by atoms with Gasteiger partial charge in [-0.1, -0.05) is 13.0 Å². The summed E-state index contributed by atoms with van der Waals surface area (Å²) in [5.74, 6) is 0.562. The number of aliphatic hydroxyl groups excluding tert-OH is 1. The normalized spacial score (nSPS) is 20.1. The van der Waals surface area contributed by atoms with E-state index in [4.69, 9.17) is 4.42 Å².